The summed E-state index contributed by atoms with van der Waals surface area (Å²) in [6.07, 6.45) is 9.04. The van der Waals surface area contributed by atoms with Gasteiger partial charge in [-0.15, -0.1) is 0 Å². The fourth-order valence-corrected chi connectivity index (χ4v) is 4.89. The summed E-state index contributed by atoms with van der Waals surface area (Å²) in [5.74, 6) is -1.51. The first-order valence-electron chi connectivity index (χ1n) is 10.4. The molecule has 0 aliphatic heterocycles. The number of imidazole rings is 1. The number of aliphatic carboxylic acids is 1. The Hall–Kier alpha value is -2.78. The Morgan fingerprint density at radius 1 is 1.35 bits per heavy atom. The number of nitrogens with zero attached hydrogens (tertiary/aromatic N) is 4. The van der Waals surface area contributed by atoms with Crippen LogP contribution in [0.4, 0.5) is 5.13 Å². The second-order valence-electron chi connectivity index (χ2n) is 8.43. The Morgan fingerprint density at radius 2 is 2.16 bits per heavy atom. The van der Waals surface area contributed by atoms with E-state index in [1.165, 1.54) is 16.9 Å². The highest BCUT2D eigenvalue weighted by atomic mass is 32.1. The number of carboxylic acid groups (broad SMARTS) is 1. The first-order valence-corrected chi connectivity index (χ1v) is 11.3. The zero-order valence-electron chi connectivity index (χ0n) is 17.7. The van der Waals surface area contributed by atoms with Crippen molar-refractivity contribution in [2.75, 3.05) is 19.4 Å². The van der Waals surface area contributed by atoms with Gasteiger partial charge in [0.1, 0.15) is 5.41 Å². The summed E-state index contributed by atoms with van der Waals surface area (Å²) in [7, 11) is 4.19. The lowest BCUT2D eigenvalue weighted by Crippen LogP contribution is -2.48. The molecule has 1 saturated carbocycles. The SMILES string of the molecule is CN(C)C(CCn1ccnc1)Cc1ccc2nc(NC(=O)C3(C(=O)O)CCC3)sc2c1. The molecule has 2 heterocycles. The van der Waals surface area contributed by atoms with Gasteiger partial charge >= 0.3 is 5.97 Å². The molecule has 2 aromatic heterocycles. The first kappa shape index (κ1) is 21.5. The highest BCUT2D eigenvalue weighted by Crippen LogP contribution is 2.42. The van der Waals surface area contributed by atoms with Crippen molar-refractivity contribution in [2.45, 2.75) is 44.7 Å². The van der Waals surface area contributed by atoms with Crippen molar-refractivity contribution in [1.29, 1.82) is 0 Å². The predicted molar refractivity (Wildman–Crippen MR) is 120 cm³/mol. The number of nitrogens with one attached hydrogen (secondary N) is 1. The quantitative estimate of drug-likeness (QED) is 0.495. The maximum atomic E-state index is 12.6. The Labute approximate surface area is 184 Å². The van der Waals surface area contributed by atoms with Crippen molar-refractivity contribution in [3.8, 4) is 0 Å². The fourth-order valence-electron chi connectivity index (χ4n) is 3.97. The normalized spacial score (nSPS) is 16.2. The minimum absolute atomic E-state index is 0.376. The van der Waals surface area contributed by atoms with E-state index < -0.39 is 17.3 Å². The van der Waals surface area contributed by atoms with Crippen molar-refractivity contribution in [2.24, 2.45) is 5.41 Å². The van der Waals surface area contributed by atoms with E-state index >= 15 is 0 Å². The average molecular weight is 442 g/mol. The van der Waals surface area contributed by atoms with Gasteiger partial charge < -0.3 is 19.9 Å². The Morgan fingerprint density at radius 3 is 2.77 bits per heavy atom. The van der Waals surface area contributed by atoms with Crippen molar-refractivity contribution < 1.29 is 14.7 Å². The van der Waals surface area contributed by atoms with Crippen molar-refractivity contribution >= 4 is 38.6 Å². The minimum Gasteiger partial charge on any atom is -0.480 e. The predicted octanol–water partition coefficient (Wildman–Crippen LogP) is 3.25. The van der Waals surface area contributed by atoms with Crippen LogP contribution < -0.4 is 5.32 Å². The van der Waals surface area contributed by atoms with Crippen LogP contribution in [0, 0.1) is 5.41 Å². The lowest BCUT2D eigenvalue weighted by molar-refractivity contribution is -0.159. The third-order valence-electron chi connectivity index (χ3n) is 6.21. The maximum absolute atomic E-state index is 12.6. The summed E-state index contributed by atoms with van der Waals surface area (Å²) in [4.78, 5) is 34.9. The van der Waals surface area contributed by atoms with Gasteiger partial charge in [-0.2, -0.15) is 0 Å². The lowest BCUT2D eigenvalue weighted by atomic mass is 9.68. The number of benzene rings is 1. The summed E-state index contributed by atoms with van der Waals surface area (Å²) in [6.45, 7) is 0.910. The number of fused-ring (bicyclic) bond motifs is 1. The van der Waals surface area contributed by atoms with Crippen LogP contribution in [0.3, 0.4) is 0 Å². The number of likely N-dealkylation sites (N-methyl/N-ethyl adjacent to an activating group) is 1. The highest BCUT2D eigenvalue weighted by molar-refractivity contribution is 7.22. The molecule has 1 aliphatic carbocycles. The number of aryl methyl sites for hydroxylation is 1. The van der Waals surface area contributed by atoms with Crippen LogP contribution in [0.1, 0.15) is 31.2 Å². The molecular weight excluding hydrogens is 414 g/mol. The number of carbonyl (C=O) groups is 2. The molecule has 1 fully saturated rings. The first-order chi connectivity index (χ1) is 14.9. The largest absolute Gasteiger partial charge is 0.480 e. The van der Waals surface area contributed by atoms with Crippen LogP contribution in [-0.4, -0.2) is 56.6 Å². The third kappa shape index (κ3) is 4.47. The highest BCUT2D eigenvalue weighted by Gasteiger charge is 2.51. The van der Waals surface area contributed by atoms with Gasteiger partial charge in [0, 0.05) is 25.0 Å². The number of rotatable bonds is 9. The maximum Gasteiger partial charge on any atom is 0.319 e. The van der Waals surface area contributed by atoms with Gasteiger partial charge in [0.25, 0.3) is 0 Å². The Bertz CT molecular complexity index is 1070. The van der Waals surface area contributed by atoms with Gasteiger partial charge in [-0.3, -0.25) is 9.59 Å². The van der Waals surface area contributed by atoms with Gasteiger partial charge in [-0.05, 0) is 57.5 Å². The molecule has 164 valence electrons. The summed E-state index contributed by atoms with van der Waals surface area (Å²) < 4.78 is 3.07. The fraction of sp³-hybridized carbons (Fsp3) is 0.455. The van der Waals surface area contributed by atoms with E-state index in [-0.39, 0.29) is 0 Å². The lowest BCUT2D eigenvalue weighted by Gasteiger charge is -2.35. The molecule has 0 saturated heterocycles. The van der Waals surface area contributed by atoms with E-state index in [0.29, 0.717) is 24.0 Å². The summed E-state index contributed by atoms with van der Waals surface area (Å²) in [5.41, 5.74) is 0.721. The van der Waals surface area contributed by atoms with Gasteiger partial charge in [-0.1, -0.05) is 23.8 Å². The van der Waals surface area contributed by atoms with E-state index in [2.05, 4.69) is 51.0 Å². The molecule has 4 rings (SSSR count). The number of thiazole rings is 1. The molecule has 1 unspecified atom stereocenters. The number of carbonyl (C=O) groups excluding carboxylic acids is 1. The molecule has 2 N–H and O–H groups in total. The van der Waals surface area contributed by atoms with Gasteiger partial charge in [0.2, 0.25) is 5.91 Å². The molecule has 31 heavy (non-hydrogen) atoms. The van der Waals surface area contributed by atoms with Crippen LogP contribution in [0.5, 0.6) is 0 Å². The molecule has 1 aliphatic rings. The van der Waals surface area contributed by atoms with E-state index in [4.69, 9.17) is 0 Å². The molecule has 0 spiro atoms. The van der Waals surface area contributed by atoms with Crippen molar-refractivity contribution in [3.63, 3.8) is 0 Å². The molecule has 1 amide bonds. The van der Waals surface area contributed by atoms with Gasteiger partial charge in [-0.25, -0.2) is 9.97 Å². The summed E-state index contributed by atoms with van der Waals surface area (Å²) in [6, 6.07) is 6.54. The molecule has 1 atom stereocenters. The number of carboxylic acids is 1. The van der Waals surface area contributed by atoms with Crippen LogP contribution >= 0.6 is 11.3 Å². The summed E-state index contributed by atoms with van der Waals surface area (Å²) in [5, 5.41) is 12.6. The minimum atomic E-state index is -1.29. The number of anilines is 1. The second kappa shape index (κ2) is 8.76. The third-order valence-corrected chi connectivity index (χ3v) is 7.14. The number of hydrogen-bond donors (Lipinski definition) is 2. The smallest absolute Gasteiger partial charge is 0.319 e. The molecule has 0 radical (unpaired) electrons. The van der Waals surface area contributed by atoms with E-state index in [1.807, 2.05) is 18.6 Å². The van der Waals surface area contributed by atoms with Crippen LogP contribution in [-0.2, 0) is 22.6 Å². The van der Waals surface area contributed by atoms with E-state index in [0.717, 1.165) is 36.0 Å². The average Bonchev–Trinajstić information content (AvgIpc) is 3.32. The number of amides is 1. The molecule has 3 aromatic rings. The molecule has 9 heteroatoms. The monoisotopic (exact) mass is 441 g/mol. The zero-order chi connectivity index (χ0) is 22.0. The van der Waals surface area contributed by atoms with Gasteiger partial charge in [0.05, 0.1) is 16.5 Å². The van der Waals surface area contributed by atoms with Crippen LogP contribution in [0.15, 0.2) is 36.9 Å². The topological polar surface area (TPSA) is 100 Å². The Kier molecular flexibility index (Phi) is 6.06. The number of aromatic nitrogens is 3. The van der Waals surface area contributed by atoms with Crippen LogP contribution in [0.25, 0.3) is 10.2 Å². The van der Waals surface area contributed by atoms with Crippen molar-refractivity contribution in [1.82, 2.24) is 19.4 Å². The standard InChI is InChI=1S/C22H27N5O3S/c1-26(2)16(6-10-27-11-9-23-14-27)12-15-4-5-17-18(13-15)31-21(24-17)25-19(28)22(20(29)30)7-3-8-22/h4-5,9,11,13-14,16H,3,6-8,10,12H2,1-2H3,(H,29,30)(H,24,25,28). The Balaban J connectivity index is 1.45. The van der Waals surface area contributed by atoms with Crippen LogP contribution in [0.2, 0.25) is 0 Å². The zero-order valence-corrected chi connectivity index (χ0v) is 18.6. The molecule has 1 aromatic carbocycles. The summed E-state index contributed by atoms with van der Waals surface area (Å²) >= 11 is 1.39. The second-order valence-corrected chi connectivity index (χ2v) is 9.46. The molecular formula is C22H27N5O3S. The van der Waals surface area contributed by atoms with E-state index in [9.17, 15) is 14.7 Å². The van der Waals surface area contributed by atoms with Gasteiger partial charge in [0.15, 0.2) is 5.13 Å². The van der Waals surface area contributed by atoms with E-state index in [1.54, 1.807) is 6.20 Å². The van der Waals surface area contributed by atoms with Crippen molar-refractivity contribution in [3.05, 3.63) is 42.5 Å². The molecule has 0 bridgehead atoms. The molecule has 8 nitrogen and oxygen atoms in total. The number of hydrogen-bond acceptors (Lipinski definition) is 6.